The molecular weight excluding hydrogens is 331 g/mol. The number of hydrogen-bond donors (Lipinski definition) is 1. The van der Waals surface area contributed by atoms with Gasteiger partial charge < -0.3 is 10.6 Å². The molecule has 0 aromatic heterocycles. The fourth-order valence-corrected chi connectivity index (χ4v) is 3.07. The van der Waals surface area contributed by atoms with E-state index in [0.29, 0.717) is 6.42 Å². The fraction of sp³-hybridized carbons (Fsp3) is 0.278. The van der Waals surface area contributed by atoms with Crippen LogP contribution in [-0.4, -0.2) is 12.5 Å². The first-order chi connectivity index (χ1) is 10.6. The van der Waals surface area contributed by atoms with Crippen molar-refractivity contribution in [1.82, 2.24) is 0 Å². The van der Waals surface area contributed by atoms with E-state index in [-0.39, 0.29) is 18.3 Å². The van der Waals surface area contributed by atoms with Crippen LogP contribution >= 0.6 is 24.0 Å². The van der Waals surface area contributed by atoms with E-state index >= 15 is 0 Å². The summed E-state index contributed by atoms with van der Waals surface area (Å²) in [7, 11) is 0. The minimum Gasteiger partial charge on any atom is -0.398 e. The van der Waals surface area contributed by atoms with Gasteiger partial charge in [-0.3, -0.25) is 4.79 Å². The van der Waals surface area contributed by atoms with Gasteiger partial charge in [0.2, 0.25) is 5.91 Å². The van der Waals surface area contributed by atoms with Crippen molar-refractivity contribution in [3.63, 3.8) is 0 Å². The quantitative estimate of drug-likeness (QED) is 0.840. The molecule has 0 saturated heterocycles. The molecule has 0 spiro atoms. The van der Waals surface area contributed by atoms with E-state index in [2.05, 4.69) is 0 Å². The van der Waals surface area contributed by atoms with Gasteiger partial charge in [0.05, 0.1) is 0 Å². The van der Waals surface area contributed by atoms with E-state index in [9.17, 15) is 4.79 Å². The molecule has 1 aliphatic rings. The minimum atomic E-state index is 0. The van der Waals surface area contributed by atoms with Gasteiger partial charge in [0.15, 0.2) is 0 Å². The topological polar surface area (TPSA) is 46.3 Å². The molecule has 0 aliphatic carbocycles. The molecule has 0 radical (unpaired) electrons. The third-order valence-electron chi connectivity index (χ3n) is 4.13. The van der Waals surface area contributed by atoms with Gasteiger partial charge in [-0.1, -0.05) is 29.8 Å². The smallest absolute Gasteiger partial charge is 0.227 e. The van der Waals surface area contributed by atoms with Crippen molar-refractivity contribution in [1.29, 1.82) is 0 Å². The lowest BCUT2D eigenvalue weighted by Gasteiger charge is -2.30. The number of nitrogen functional groups attached to an aromatic ring is 1. The van der Waals surface area contributed by atoms with Crippen molar-refractivity contribution in [3.05, 3.63) is 58.6 Å². The van der Waals surface area contributed by atoms with E-state index in [4.69, 9.17) is 17.3 Å². The summed E-state index contributed by atoms with van der Waals surface area (Å²) in [6.45, 7) is 0.774. The zero-order valence-corrected chi connectivity index (χ0v) is 14.4. The summed E-state index contributed by atoms with van der Waals surface area (Å²) in [5.74, 6) is 0.154. The van der Waals surface area contributed by atoms with E-state index in [0.717, 1.165) is 53.3 Å². The van der Waals surface area contributed by atoms with E-state index in [1.54, 1.807) is 0 Å². The number of amides is 1. The molecule has 2 aromatic carbocycles. The Kier molecular flexibility index (Phi) is 5.91. The number of benzene rings is 2. The third-order valence-corrected chi connectivity index (χ3v) is 4.38. The highest BCUT2D eigenvalue weighted by atomic mass is 35.5. The summed E-state index contributed by atoms with van der Waals surface area (Å²) < 4.78 is 0. The highest BCUT2D eigenvalue weighted by molar-refractivity contribution is 6.30. The van der Waals surface area contributed by atoms with Crippen molar-refractivity contribution >= 4 is 41.3 Å². The monoisotopic (exact) mass is 350 g/mol. The molecule has 2 aromatic rings. The Morgan fingerprint density at radius 2 is 1.91 bits per heavy atom. The Morgan fingerprint density at radius 1 is 1.17 bits per heavy atom. The second kappa shape index (κ2) is 7.71. The number of aryl methyl sites for hydroxylation is 1. The Bertz CT molecular complexity index is 686. The molecule has 3 nitrogen and oxygen atoms in total. The Balaban J connectivity index is 0.00000192. The Labute approximate surface area is 147 Å². The molecule has 3 rings (SSSR count). The lowest BCUT2D eigenvalue weighted by Crippen LogP contribution is -2.35. The first-order valence-electron chi connectivity index (χ1n) is 7.57. The van der Waals surface area contributed by atoms with Crippen LogP contribution in [0, 0.1) is 0 Å². The third kappa shape index (κ3) is 3.98. The molecule has 2 N–H and O–H groups in total. The minimum absolute atomic E-state index is 0. The molecule has 0 fully saturated rings. The number of anilines is 2. The highest BCUT2D eigenvalue weighted by Gasteiger charge is 2.23. The van der Waals surface area contributed by atoms with Crippen LogP contribution < -0.4 is 10.6 Å². The molecule has 1 aliphatic heterocycles. The molecule has 0 bridgehead atoms. The Hall–Kier alpha value is -1.71. The number of carbonyl (C=O) groups excluding carboxylic acids is 1. The van der Waals surface area contributed by atoms with Crippen LogP contribution in [0.1, 0.15) is 24.0 Å². The van der Waals surface area contributed by atoms with Crippen LogP contribution in [0.2, 0.25) is 5.02 Å². The summed E-state index contributed by atoms with van der Waals surface area (Å²) in [5, 5.41) is 0.718. The summed E-state index contributed by atoms with van der Waals surface area (Å²) in [4.78, 5) is 14.5. The number of fused-ring (bicyclic) bond motifs is 1. The van der Waals surface area contributed by atoms with E-state index < -0.39 is 0 Å². The maximum Gasteiger partial charge on any atom is 0.227 e. The van der Waals surface area contributed by atoms with Crippen molar-refractivity contribution in [2.24, 2.45) is 0 Å². The van der Waals surface area contributed by atoms with Crippen LogP contribution in [0.3, 0.4) is 0 Å². The normalized spacial score (nSPS) is 13.2. The van der Waals surface area contributed by atoms with Crippen molar-refractivity contribution in [2.45, 2.75) is 25.7 Å². The zero-order valence-electron chi connectivity index (χ0n) is 12.8. The SMILES string of the molecule is Cl.Nc1cccc2c1CCCN2C(=O)CCc1ccc(Cl)cc1. The predicted octanol–water partition coefficient (Wildman–Crippen LogP) is 4.26. The highest BCUT2D eigenvalue weighted by Crippen LogP contribution is 2.31. The summed E-state index contributed by atoms with van der Waals surface area (Å²) in [6.07, 6.45) is 3.14. The molecule has 1 amide bonds. The van der Waals surface area contributed by atoms with Crippen LogP contribution in [-0.2, 0) is 17.6 Å². The molecular formula is C18H20Cl2N2O. The van der Waals surface area contributed by atoms with Crippen LogP contribution in [0.25, 0.3) is 0 Å². The van der Waals surface area contributed by atoms with Gasteiger partial charge in [0.1, 0.15) is 0 Å². The van der Waals surface area contributed by atoms with Gasteiger partial charge in [-0.2, -0.15) is 0 Å². The standard InChI is InChI=1S/C18H19ClN2O.ClH/c19-14-9-6-13(7-10-14)8-11-18(22)21-12-2-3-15-16(20)4-1-5-17(15)21;/h1,4-7,9-10H,2-3,8,11-12,20H2;1H. The average Bonchev–Trinajstić information content (AvgIpc) is 2.54. The molecule has 1 heterocycles. The summed E-state index contributed by atoms with van der Waals surface area (Å²) >= 11 is 5.88. The zero-order chi connectivity index (χ0) is 15.5. The molecule has 0 atom stereocenters. The van der Waals surface area contributed by atoms with Gasteiger partial charge in [0, 0.05) is 29.4 Å². The van der Waals surface area contributed by atoms with Crippen molar-refractivity contribution in [3.8, 4) is 0 Å². The van der Waals surface area contributed by atoms with Gasteiger partial charge in [-0.05, 0) is 54.7 Å². The van der Waals surface area contributed by atoms with Crippen LogP contribution in [0.4, 0.5) is 11.4 Å². The molecule has 0 saturated carbocycles. The number of carbonyl (C=O) groups is 1. The number of hydrogen-bond acceptors (Lipinski definition) is 2. The number of rotatable bonds is 3. The van der Waals surface area contributed by atoms with Gasteiger partial charge >= 0.3 is 0 Å². The van der Waals surface area contributed by atoms with Crippen LogP contribution in [0.15, 0.2) is 42.5 Å². The second-order valence-electron chi connectivity index (χ2n) is 5.62. The van der Waals surface area contributed by atoms with Crippen molar-refractivity contribution in [2.75, 3.05) is 17.2 Å². The molecule has 23 heavy (non-hydrogen) atoms. The maximum absolute atomic E-state index is 12.6. The Morgan fingerprint density at radius 3 is 2.65 bits per heavy atom. The van der Waals surface area contributed by atoms with Gasteiger partial charge in [-0.25, -0.2) is 0 Å². The van der Waals surface area contributed by atoms with E-state index in [1.165, 1.54) is 0 Å². The van der Waals surface area contributed by atoms with Gasteiger partial charge in [0.25, 0.3) is 0 Å². The molecule has 5 heteroatoms. The molecule has 0 unspecified atom stereocenters. The number of nitrogens with two attached hydrogens (primary N) is 1. The largest absolute Gasteiger partial charge is 0.398 e. The van der Waals surface area contributed by atoms with E-state index in [1.807, 2.05) is 47.4 Å². The number of nitrogens with zero attached hydrogens (tertiary/aromatic N) is 1. The second-order valence-corrected chi connectivity index (χ2v) is 6.06. The lowest BCUT2D eigenvalue weighted by atomic mass is 9.99. The summed E-state index contributed by atoms with van der Waals surface area (Å²) in [5.41, 5.74) is 10.0. The van der Waals surface area contributed by atoms with Crippen molar-refractivity contribution < 1.29 is 4.79 Å². The molecule has 122 valence electrons. The average molecular weight is 351 g/mol. The predicted molar refractivity (Wildman–Crippen MR) is 98.5 cm³/mol. The number of halogens is 2. The first kappa shape index (κ1) is 17.6. The van der Waals surface area contributed by atoms with Crippen LogP contribution in [0.5, 0.6) is 0 Å². The first-order valence-corrected chi connectivity index (χ1v) is 7.95. The lowest BCUT2D eigenvalue weighted by molar-refractivity contribution is -0.118. The maximum atomic E-state index is 12.6. The summed E-state index contributed by atoms with van der Waals surface area (Å²) in [6, 6.07) is 13.5. The van der Waals surface area contributed by atoms with Gasteiger partial charge in [-0.15, -0.1) is 12.4 Å². The fourth-order valence-electron chi connectivity index (χ4n) is 2.95.